The zero-order chi connectivity index (χ0) is 8.44. The number of ether oxygens (including phenoxy) is 2. The summed E-state index contributed by atoms with van der Waals surface area (Å²) >= 11 is 0. The van der Waals surface area contributed by atoms with Crippen LogP contribution in [0.1, 0.15) is 12.8 Å². The normalized spacial score (nSPS) is 23.9. The molecule has 0 saturated carbocycles. The smallest absolute Gasteiger partial charge is 0.520 e. The standard InChI is InChI=1S/C8H12NO3.CH3.V/c10-7-9-3-1-8(2-4-9)11-5-6-12-8;;/h1-6H2;1H3;/q2*-1;+2. The predicted octanol–water partition coefficient (Wildman–Crippen LogP) is 0.340. The van der Waals surface area contributed by atoms with Crippen LogP contribution < -0.4 is 0 Å². The molecule has 79 valence electrons. The molecule has 2 saturated heterocycles. The van der Waals surface area contributed by atoms with E-state index in [4.69, 9.17) is 9.47 Å². The van der Waals surface area contributed by atoms with Crippen molar-refractivity contribution in [3.63, 3.8) is 0 Å². The van der Waals surface area contributed by atoms with Crippen molar-refractivity contribution in [3.05, 3.63) is 7.43 Å². The molecule has 5 heteroatoms. The summed E-state index contributed by atoms with van der Waals surface area (Å²) < 4.78 is 11.0. The number of nitrogens with zero attached hydrogens (tertiary/aromatic N) is 1. The van der Waals surface area contributed by atoms with Gasteiger partial charge in [0, 0.05) is 12.8 Å². The Labute approximate surface area is 96.8 Å². The molecule has 4 nitrogen and oxygen atoms in total. The van der Waals surface area contributed by atoms with Crippen LogP contribution in [-0.2, 0) is 32.8 Å². The molecule has 2 rings (SSSR count). The SMILES string of the molecule is O=[C-]N1CCC2(CC1)OCCO2.[CH3-].[V+2]. The van der Waals surface area contributed by atoms with E-state index in [1.165, 1.54) is 0 Å². The van der Waals surface area contributed by atoms with Gasteiger partial charge in [0.25, 0.3) is 0 Å². The average Bonchev–Trinajstić information content (AvgIpc) is 2.55. The largest absolute Gasteiger partial charge is 2.00 e. The fourth-order valence-corrected chi connectivity index (χ4v) is 1.72. The van der Waals surface area contributed by atoms with E-state index in [1.807, 2.05) is 6.41 Å². The second-order valence-electron chi connectivity index (χ2n) is 3.19. The number of hydrogen-bond acceptors (Lipinski definition) is 3. The Hall–Kier alpha value is -0.0256. The minimum Gasteiger partial charge on any atom is -0.520 e. The number of amides is 1. The van der Waals surface area contributed by atoms with Gasteiger partial charge >= 0.3 is 18.6 Å². The third-order valence-electron chi connectivity index (χ3n) is 2.47. The topological polar surface area (TPSA) is 38.8 Å². The number of hydrogen-bond donors (Lipinski definition) is 0. The van der Waals surface area contributed by atoms with Gasteiger partial charge in [-0.2, -0.15) is 6.41 Å². The quantitative estimate of drug-likeness (QED) is 0.616. The Kier molecular flexibility index (Phi) is 5.75. The van der Waals surface area contributed by atoms with Gasteiger partial charge < -0.3 is 26.6 Å². The molecule has 1 spiro atoms. The fourth-order valence-electron chi connectivity index (χ4n) is 1.72. The molecule has 2 aliphatic rings. The van der Waals surface area contributed by atoms with Crippen LogP contribution in [0.3, 0.4) is 0 Å². The van der Waals surface area contributed by atoms with E-state index >= 15 is 0 Å². The zero-order valence-electron chi connectivity index (χ0n) is 8.36. The molecule has 1 radical (unpaired) electrons. The van der Waals surface area contributed by atoms with Gasteiger partial charge in [-0.1, -0.05) is 0 Å². The molecule has 2 fully saturated rings. The first-order valence-electron chi connectivity index (χ1n) is 4.25. The summed E-state index contributed by atoms with van der Waals surface area (Å²) in [5.74, 6) is -0.368. The van der Waals surface area contributed by atoms with E-state index in [2.05, 4.69) is 0 Å². The molecule has 2 aliphatic heterocycles. The minimum atomic E-state index is -0.368. The van der Waals surface area contributed by atoms with Gasteiger partial charge in [-0.25, -0.2) is 0 Å². The average molecular weight is 236 g/mol. The first-order valence-corrected chi connectivity index (χ1v) is 4.25. The molecule has 0 aromatic rings. The fraction of sp³-hybridized carbons (Fsp3) is 0.778. The molecule has 0 unspecified atom stereocenters. The number of piperidine rings is 1. The van der Waals surface area contributed by atoms with E-state index in [-0.39, 0.29) is 31.8 Å². The molecule has 14 heavy (non-hydrogen) atoms. The molecular weight excluding hydrogens is 221 g/mol. The van der Waals surface area contributed by atoms with Gasteiger partial charge in [-0.15, -0.1) is 0 Å². The summed E-state index contributed by atoms with van der Waals surface area (Å²) in [5, 5.41) is 0. The second kappa shape index (κ2) is 5.76. The minimum absolute atomic E-state index is 0. The monoisotopic (exact) mass is 236 g/mol. The molecule has 0 N–H and O–H groups in total. The van der Waals surface area contributed by atoms with Crippen molar-refractivity contribution in [2.45, 2.75) is 18.6 Å². The maximum Gasteiger partial charge on any atom is 2.00 e. The Balaban J connectivity index is 0.000000845. The van der Waals surface area contributed by atoms with E-state index in [1.54, 1.807) is 4.90 Å². The maximum atomic E-state index is 10.3. The first-order chi connectivity index (χ1) is 5.85. The zero-order valence-corrected chi connectivity index (χ0v) is 9.76. The summed E-state index contributed by atoms with van der Waals surface area (Å²) in [5.41, 5.74) is 0. The first kappa shape index (κ1) is 14.0. The van der Waals surface area contributed by atoms with Crippen LogP contribution in [0.4, 0.5) is 0 Å². The second-order valence-corrected chi connectivity index (χ2v) is 3.19. The molecule has 0 aromatic heterocycles. The Bertz CT molecular complexity index is 173. The third kappa shape index (κ3) is 2.73. The summed E-state index contributed by atoms with van der Waals surface area (Å²) in [6.07, 6.45) is 3.44. The van der Waals surface area contributed by atoms with Crippen LogP contribution in [0.15, 0.2) is 0 Å². The van der Waals surface area contributed by atoms with Gasteiger partial charge in [0.1, 0.15) is 0 Å². The van der Waals surface area contributed by atoms with Crippen LogP contribution in [0, 0.1) is 7.43 Å². The maximum absolute atomic E-state index is 10.3. The van der Waals surface area contributed by atoms with Crippen molar-refractivity contribution in [2.24, 2.45) is 0 Å². The van der Waals surface area contributed by atoms with Crippen LogP contribution in [0.5, 0.6) is 0 Å². The molecule has 0 aromatic carbocycles. The molecule has 1 amide bonds. The van der Waals surface area contributed by atoms with Crippen LogP contribution in [0.2, 0.25) is 0 Å². The van der Waals surface area contributed by atoms with E-state index in [9.17, 15) is 4.79 Å². The van der Waals surface area contributed by atoms with Crippen molar-refractivity contribution < 1.29 is 32.8 Å². The molecule has 0 aliphatic carbocycles. The Morgan fingerprint density at radius 1 is 1.14 bits per heavy atom. The number of likely N-dealkylation sites (tertiary alicyclic amines) is 1. The van der Waals surface area contributed by atoms with Gasteiger partial charge in [-0.3, -0.25) is 0 Å². The third-order valence-corrected chi connectivity index (χ3v) is 2.47. The number of rotatable bonds is 1. The summed E-state index contributed by atoms with van der Waals surface area (Å²) in [6.45, 7) is 2.77. The Morgan fingerprint density at radius 3 is 2.07 bits per heavy atom. The van der Waals surface area contributed by atoms with Gasteiger partial charge in [0.05, 0.1) is 13.2 Å². The molecule has 2 heterocycles. The summed E-state index contributed by atoms with van der Waals surface area (Å²) in [4.78, 5) is 11.9. The van der Waals surface area contributed by atoms with Crippen LogP contribution in [0.25, 0.3) is 0 Å². The van der Waals surface area contributed by atoms with Crippen LogP contribution in [-0.4, -0.2) is 43.4 Å². The van der Waals surface area contributed by atoms with Crippen LogP contribution >= 0.6 is 0 Å². The van der Waals surface area contributed by atoms with Crippen molar-refractivity contribution >= 4 is 6.41 Å². The van der Waals surface area contributed by atoms with Crippen molar-refractivity contribution in [1.82, 2.24) is 4.90 Å². The molecule has 0 atom stereocenters. The van der Waals surface area contributed by atoms with Gasteiger partial charge in [-0.05, 0) is 13.1 Å². The van der Waals surface area contributed by atoms with Gasteiger partial charge in [0.15, 0.2) is 5.79 Å². The molecule has 0 bridgehead atoms. The van der Waals surface area contributed by atoms with Crippen molar-refractivity contribution in [1.29, 1.82) is 0 Å². The van der Waals surface area contributed by atoms with E-state index in [0.29, 0.717) is 26.3 Å². The van der Waals surface area contributed by atoms with E-state index < -0.39 is 0 Å². The summed E-state index contributed by atoms with van der Waals surface area (Å²) in [7, 11) is 0. The Morgan fingerprint density at radius 2 is 1.64 bits per heavy atom. The van der Waals surface area contributed by atoms with Gasteiger partial charge in [0.2, 0.25) is 0 Å². The summed E-state index contributed by atoms with van der Waals surface area (Å²) in [6, 6.07) is 0. The van der Waals surface area contributed by atoms with Crippen molar-refractivity contribution in [2.75, 3.05) is 26.3 Å². The van der Waals surface area contributed by atoms with E-state index in [0.717, 1.165) is 12.8 Å². The predicted molar refractivity (Wildman–Crippen MR) is 47.5 cm³/mol. The molecular formula is C9H15NO3V. The number of carbonyl (C=O) groups excluding carboxylic acids is 1. The van der Waals surface area contributed by atoms with Crippen molar-refractivity contribution in [3.8, 4) is 0 Å².